The van der Waals surface area contributed by atoms with Crippen molar-refractivity contribution in [1.29, 1.82) is 0 Å². The Balaban J connectivity index is 3.43. The second-order valence-electron chi connectivity index (χ2n) is 4.80. The predicted molar refractivity (Wildman–Crippen MR) is 82.1 cm³/mol. The molecule has 0 amide bonds. The van der Waals surface area contributed by atoms with Crippen molar-refractivity contribution in [3.63, 3.8) is 0 Å². The number of sulfonamides is 1. The van der Waals surface area contributed by atoms with Gasteiger partial charge in [0.05, 0.1) is 19.1 Å². The van der Waals surface area contributed by atoms with E-state index in [0.29, 0.717) is 17.1 Å². The van der Waals surface area contributed by atoms with Crippen molar-refractivity contribution in [2.75, 3.05) is 21.3 Å². The highest BCUT2D eigenvalue weighted by Gasteiger charge is 2.27. The first-order chi connectivity index (χ1) is 9.83. The number of ether oxygens (including phenoxy) is 2. The first-order valence-electron chi connectivity index (χ1n) is 6.76. The molecule has 6 nitrogen and oxygen atoms in total. The average molecular weight is 316 g/mol. The van der Waals surface area contributed by atoms with E-state index in [0.717, 1.165) is 6.42 Å². The van der Waals surface area contributed by atoms with Gasteiger partial charge in [-0.2, -0.15) is 4.31 Å². The molecule has 0 aliphatic rings. The van der Waals surface area contributed by atoms with E-state index in [1.165, 1.54) is 30.7 Å². The summed E-state index contributed by atoms with van der Waals surface area (Å²) in [6, 6.07) is 2.91. The van der Waals surface area contributed by atoms with Crippen LogP contribution >= 0.6 is 0 Å². The molecular weight excluding hydrogens is 292 g/mol. The van der Waals surface area contributed by atoms with Crippen LogP contribution in [-0.2, 0) is 16.6 Å². The van der Waals surface area contributed by atoms with Crippen LogP contribution in [-0.4, -0.2) is 40.0 Å². The van der Waals surface area contributed by atoms with E-state index in [9.17, 15) is 8.42 Å². The Morgan fingerprint density at radius 2 is 1.90 bits per heavy atom. The van der Waals surface area contributed by atoms with Crippen molar-refractivity contribution in [3.8, 4) is 11.5 Å². The van der Waals surface area contributed by atoms with Crippen LogP contribution in [0.5, 0.6) is 11.5 Å². The summed E-state index contributed by atoms with van der Waals surface area (Å²) < 4.78 is 37.1. The van der Waals surface area contributed by atoms with Crippen LogP contribution in [0.2, 0.25) is 0 Å². The Hall–Kier alpha value is -1.31. The van der Waals surface area contributed by atoms with Gasteiger partial charge >= 0.3 is 0 Å². The zero-order chi connectivity index (χ0) is 16.2. The summed E-state index contributed by atoms with van der Waals surface area (Å²) in [6.45, 7) is 3.97. The van der Waals surface area contributed by atoms with Crippen LogP contribution in [0, 0.1) is 0 Å². The summed E-state index contributed by atoms with van der Waals surface area (Å²) >= 11 is 0. The van der Waals surface area contributed by atoms with Crippen LogP contribution in [0.3, 0.4) is 0 Å². The molecule has 0 saturated carbocycles. The van der Waals surface area contributed by atoms with Gasteiger partial charge in [-0.3, -0.25) is 0 Å². The molecule has 0 aromatic heterocycles. The maximum atomic E-state index is 12.7. The highest BCUT2D eigenvalue weighted by atomic mass is 32.2. The highest BCUT2D eigenvalue weighted by Crippen LogP contribution is 2.35. The lowest BCUT2D eigenvalue weighted by atomic mass is 10.2. The molecule has 21 heavy (non-hydrogen) atoms. The van der Waals surface area contributed by atoms with Gasteiger partial charge in [-0.15, -0.1) is 0 Å². The smallest absolute Gasteiger partial charge is 0.243 e. The number of nitrogens with two attached hydrogens (primary N) is 1. The standard InChI is InChI=1S/C14H24N2O4S/c1-6-10(2)16(3)21(17,18)12-7-11(9-15)14(20-5)13(8-12)19-4/h7-8,10H,6,9,15H2,1-5H3. The monoisotopic (exact) mass is 316 g/mol. The van der Waals surface area contributed by atoms with Crippen molar-refractivity contribution in [3.05, 3.63) is 17.7 Å². The minimum absolute atomic E-state index is 0.0931. The Bertz CT molecular complexity index is 562. The molecule has 0 fully saturated rings. The fourth-order valence-electron chi connectivity index (χ4n) is 1.98. The van der Waals surface area contributed by atoms with E-state index in [1.807, 2.05) is 13.8 Å². The van der Waals surface area contributed by atoms with Crippen molar-refractivity contribution >= 4 is 10.0 Å². The van der Waals surface area contributed by atoms with Gasteiger partial charge in [-0.05, 0) is 19.4 Å². The normalized spacial score (nSPS) is 13.3. The lowest BCUT2D eigenvalue weighted by Gasteiger charge is -2.24. The van der Waals surface area contributed by atoms with E-state index in [-0.39, 0.29) is 17.5 Å². The van der Waals surface area contributed by atoms with Gasteiger partial charge in [0.1, 0.15) is 0 Å². The summed E-state index contributed by atoms with van der Waals surface area (Å²) in [7, 11) is 0.935. The third-order valence-corrected chi connectivity index (χ3v) is 5.59. The van der Waals surface area contributed by atoms with E-state index < -0.39 is 10.0 Å². The topological polar surface area (TPSA) is 81.9 Å². The molecule has 1 aromatic rings. The van der Waals surface area contributed by atoms with Gasteiger partial charge in [-0.25, -0.2) is 8.42 Å². The van der Waals surface area contributed by atoms with Crippen molar-refractivity contribution in [2.45, 2.75) is 37.8 Å². The molecule has 0 aliphatic carbocycles. The minimum Gasteiger partial charge on any atom is -0.493 e. The molecule has 0 saturated heterocycles. The van der Waals surface area contributed by atoms with E-state index in [1.54, 1.807) is 7.05 Å². The molecule has 0 heterocycles. The van der Waals surface area contributed by atoms with Gasteiger partial charge < -0.3 is 15.2 Å². The lowest BCUT2D eigenvalue weighted by molar-refractivity contribution is 0.349. The Morgan fingerprint density at radius 1 is 1.29 bits per heavy atom. The molecule has 0 radical (unpaired) electrons. The minimum atomic E-state index is -3.60. The molecule has 1 atom stereocenters. The van der Waals surface area contributed by atoms with E-state index >= 15 is 0 Å². The number of nitrogens with zero attached hydrogens (tertiary/aromatic N) is 1. The molecule has 0 aliphatic heterocycles. The second-order valence-corrected chi connectivity index (χ2v) is 6.80. The largest absolute Gasteiger partial charge is 0.493 e. The van der Waals surface area contributed by atoms with Gasteiger partial charge in [0.25, 0.3) is 0 Å². The lowest BCUT2D eigenvalue weighted by Crippen LogP contribution is -2.34. The van der Waals surface area contributed by atoms with Crippen LogP contribution in [0.25, 0.3) is 0 Å². The zero-order valence-corrected chi connectivity index (χ0v) is 14.0. The zero-order valence-electron chi connectivity index (χ0n) is 13.2. The maximum absolute atomic E-state index is 12.7. The van der Waals surface area contributed by atoms with Crippen LogP contribution in [0.1, 0.15) is 25.8 Å². The molecule has 7 heteroatoms. The summed E-state index contributed by atoms with van der Waals surface area (Å²) in [5.41, 5.74) is 6.27. The van der Waals surface area contributed by atoms with Crippen molar-refractivity contribution in [2.24, 2.45) is 5.73 Å². The van der Waals surface area contributed by atoms with Crippen LogP contribution < -0.4 is 15.2 Å². The van der Waals surface area contributed by atoms with Crippen molar-refractivity contribution < 1.29 is 17.9 Å². The number of methoxy groups -OCH3 is 2. The Labute approximate surface area is 126 Å². The molecule has 120 valence electrons. The summed E-state index contributed by atoms with van der Waals surface area (Å²) in [5.74, 6) is 0.821. The number of rotatable bonds is 7. The number of benzene rings is 1. The molecule has 0 bridgehead atoms. The first-order valence-corrected chi connectivity index (χ1v) is 8.20. The highest BCUT2D eigenvalue weighted by molar-refractivity contribution is 7.89. The summed E-state index contributed by atoms with van der Waals surface area (Å²) in [5, 5.41) is 0. The third kappa shape index (κ3) is 3.48. The van der Waals surface area contributed by atoms with Gasteiger partial charge in [-0.1, -0.05) is 6.92 Å². The average Bonchev–Trinajstić information content (AvgIpc) is 2.51. The quantitative estimate of drug-likeness (QED) is 0.826. The molecule has 1 unspecified atom stereocenters. The summed E-state index contributed by atoms with van der Waals surface area (Å²) in [4.78, 5) is 0.156. The van der Waals surface area contributed by atoms with Gasteiger partial charge in [0.15, 0.2) is 11.5 Å². The van der Waals surface area contributed by atoms with Crippen LogP contribution in [0.15, 0.2) is 17.0 Å². The Kier molecular flexibility index (Phi) is 6.00. The van der Waals surface area contributed by atoms with Gasteiger partial charge in [0, 0.05) is 31.3 Å². The van der Waals surface area contributed by atoms with Crippen molar-refractivity contribution in [1.82, 2.24) is 4.31 Å². The van der Waals surface area contributed by atoms with E-state index in [4.69, 9.17) is 15.2 Å². The predicted octanol–water partition coefficient (Wildman–Crippen LogP) is 1.58. The second kappa shape index (κ2) is 7.11. The Morgan fingerprint density at radius 3 is 2.33 bits per heavy atom. The first kappa shape index (κ1) is 17.7. The van der Waals surface area contributed by atoms with Gasteiger partial charge in [0.2, 0.25) is 10.0 Å². The summed E-state index contributed by atoms with van der Waals surface area (Å²) in [6.07, 6.45) is 0.729. The fraction of sp³-hybridized carbons (Fsp3) is 0.571. The van der Waals surface area contributed by atoms with E-state index in [2.05, 4.69) is 0 Å². The molecule has 2 N–H and O–H groups in total. The van der Waals surface area contributed by atoms with Crippen LogP contribution in [0.4, 0.5) is 0 Å². The maximum Gasteiger partial charge on any atom is 0.243 e. The molecular formula is C14H24N2O4S. The number of hydrogen-bond acceptors (Lipinski definition) is 5. The SMILES string of the molecule is CCC(C)N(C)S(=O)(=O)c1cc(CN)c(OC)c(OC)c1. The third-order valence-electron chi connectivity index (χ3n) is 3.64. The molecule has 1 aromatic carbocycles. The molecule has 0 spiro atoms. The fourth-order valence-corrected chi connectivity index (χ4v) is 3.48. The molecule has 1 rings (SSSR count). The number of hydrogen-bond donors (Lipinski definition) is 1.